The number of aromatic nitrogens is 2. The summed E-state index contributed by atoms with van der Waals surface area (Å²) in [7, 11) is -2.25. The van der Waals surface area contributed by atoms with E-state index in [1.54, 1.807) is 51.2 Å². The number of carbonyl (C=O) groups is 1. The van der Waals surface area contributed by atoms with Gasteiger partial charge in [-0.2, -0.15) is 4.98 Å². The molecule has 40 heavy (non-hydrogen) atoms. The molecule has 1 aliphatic heterocycles. The zero-order valence-electron chi connectivity index (χ0n) is 23.7. The number of hydrogen-bond donors (Lipinski definition) is 3. The Labute approximate surface area is 236 Å². The molecule has 1 aliphatic rings. The molecule has 0 aliphatic carbocycles. The number of nitrogens with one attached hydrogen (secondary N) is 3. The van der Waals surface area contributed by atoms with Gasteiger partial charge in [0.05, 0.1) is 18.6 Å². The number of likely N-dealkylation sites (tertiary alicyclic amines) is 1. The van der Waals surface area contributed by atoms with Crippen LogP contribution in [0.5, 0.6) is 0 Å². The summed E-state index contributed by atoms with van der Waals surface area (Å²) in [6, 6.07) is 14.9. The highest BCUT2D eigenvalue weighted by Gasteiger charge is 2.23. The molecule has 0 spiro atoms. The van der Waals surface area contributed by atoms with Gasteiger partial charge in [0.15, 0.2) is 0 Å². The molecule has 11 heteroatoms. The van der Waals surface area contributed by atoms with Crippen molar-refractivity contribution in [1.82, 2.24) is 19.6 Å². The normalized spacial score (nSPS) is 15.0. The van der Waals surface area contributed by atoms with Crippen molar-refractivity contribution in [3.8, 4) is 0 Å². The van der Waals surface area contributed by atoms with Crippen LogP contribution in [0.1, 0.15) is 50.7 Å². The smallest absolute Gasteiger partial charge is 0.319 e. The number of anilines is 4. The predicted octanol–water partition coefficient (Wildman–Crippen LogP) is 4.70. The Balaban J connectivity index is 1.40. The van der Waals surface area contributed by atoms with Gasteiger partial charge in [-0.1, -0.05) is 18.2 Å². The quantitative estimate of drug-likeness (QED) is 0.316. The Bertz CT molecular complexity index is 1430. The third kappa shape index (κ3) is 8.00. The van der Waals surface area contributed by atoms with Gasteiger partial charge in [-0.25, -0.2) is 18.1 Å². The van der Waals surface area contributed by atoms with Crippen LogP contribution in [-0.4, -0.2) is 61.5 Å². The van der Waals surface area contributed by atoms with Gasteiger partial charge in [0.1, 0.15) is 5.82 Å². The van der Waals surface area contributed by atoms with Gasteiger partial charge in [0.2, 0.25) is 16.0 Å². The van der Waals surface area contributed by atoms with Gasteiger partial charge < -0.3 is 15.4 Å². The van der Waals surface area contributed by atoms with Crippen molar-refractivity contribution in [3.63, 3.8) is 0 Å². The lowest BCUT2D eigenvalue weighted by atomic mass is 9.89. The summed E-state index contributed by atoms with van der Waals surface area (Å²) in [5.41, 5.74) is 2.97. The number of aryl methyl sites for hydroxylation is 1. The number of sulfonamides is 1. The fourth-order valence-electron chi connectivity index (χ4n) is 4.61. The van der Waals surface area contributed by atoms with Crippen LogP contribution < -0.4 is 15.4 Å². The van der Waals surface area contributed by atoms with E-state index in [2.05, 4.69) is 42.4 Å². The molecular formula is C29H38N6O4S. The van der Waals surface area contributed by atoms with Crippen molar-refractivity contribution in [3.05, 3.63) is 65.9 Å². The van der Waals surface area contributed by atoms with E-state index in [9.17, 15) is 13.2 Å². The van der Waals surface area contributed by atoms with E-state index >= 15 is 0 Å². The Morgan fingerprint density at radius 2 is 1.75 bits per heavy atom. The van der Waals surface area contributed by atoms with E-state index in [4.69, 9.17) is 4.74 Å². The lowest BCUT2D eigenvalue weighted by Gasteiger charge is -2.31. The molecule has 0 amide bonds. The summed E-state index contributed by atoms with van der Waals surface area (Å²) in [5, 5.41) is 6.48. The average molecular weight is 567 g/mol. The number of piperidine rings is 1. The fourth-order valence-corrected chi connectivity index (χ4v) is 6.07. The minimum atomic E-state index is -3.67. The Morgan fingerprint density at radius 1 is 1.05 bits per heavy atom. The Morgan fingerprint density at radius 3 is 2.40 bits per heavy atom. The number of ether oxygens (including phenoxy) is 1. The van der Waals surface area contributed by atoms with Crippen LogP contribution in [-0.2, 0) is 19.6 Å². The zero-order valence-corrected chi connectivity index (χ0v) is 24.5. The van der Waals surface area contributed by atoms with Gasteiger partial charge in [-0.05, 0) is 95.4 Å². The molecular weight excluding hydrogens is 528 g/mol. The molecule has 1 saturated heterocycles. The van der Waals surface area contributed by atoms with E-state index in [0.717, 1.165) is 37.2 Å². The lowest BCUT2D eigenvalue weighted by Crippen LogP contribution is -2.40. The molecule has 3 N–H and O–H groups in total. The SMILES string of the molecule is COC(=O)CN1CCC(c2ccc(Nc3ncc(C)c(Nc4cccc(S(=O)(=O)NC(C)(C)C)c4)n3)cc2)CC1. The molecule has 214 valence electrons. The van der Waals surface area contributed by atoms with E-state index in [1.807, 2.05) is 19.1 Å². The molecule has 2 heterocycles. The number of benzene rings is 2. The first-order valence-corrected chi connectivity index (χ1v) is 14.8. The Hall–Kier alpha value is -3.54. The maximum absolute atomic E-state index is 12.8. The van der Waals surface area contributed by atoms with Crippen LogP contribution in [0, 0.1) is 6.92 Å². The number of rotatable bonds is 9. The number of carbonyl (C=O) groups excluding carboxylic acids is 1. The van der Waals surface area contributed by atoms with Crippen LogP contribution in [0.2, 0.25) is 0 Å². The van der Waals surface area contributed by atoms with E-state index in [-0.39, 0.29) is 10.9 Å². The highest BCUT2D eigenvalue weighted by Crippen LogP contribution is 2.29. The van der Waals surface area contributed by atoms with Gasteiger partial charge >= 0.3 is 5.97 Å². The third-order valence-electron chi connectivity index (χ3n) is 6.63. The van der Waals surface area contributed by atoms with Crippen molar-refractivity contribution in [2.24, 2.45) is 0 Å². The van der Waals surface area contributed by atoms with E-state index < -0.39 is 15.6 Å². The lowest BCUT2D eigenvalue weighted by molar-refractivity contribution is -0.142. The third-order valence-corrected chi connectivity index (χ3v) is 8.38. The summed E-state index contributed by atoms with van der Waals surface area (Å²) in [6.07, 6.45) is 3.71. The molecule has 1 aromatic heterocycles. The van der Waals surface area contributed by atoms with Gasteiger partial charge in [-0.15, -0.1) is 0 Å². The first kappa shape index (κ1) is 29.4. The maximum Gasteiger partial charge on any atom is 0.319 e. The average Bonchev–Trinajstić information content (AvgIpc) is 2.90. The highest BCUT2D eigenvalue weighted by atomic mass is 32.2. The number of hydrogen-bond acceptors (Lipinski definition) is 9. The van der Waals surface area contributed by atoms with Crippen LogP contribution in [0.4, 0.5) is 23.1 Å². The monoisotopic (exact) mass is 566 g/mol. The van der Waals surface area contributed by atoms with Crippen molar-refractivity contribution < 1.29 is 17.9 Å². The number of esters is 1. The van der Waals surface area contributed by atoms with Gasteiger partial charge in [-0.3, -0.25) is 9.69 Å². The molecule has 4 rings (SSSR count). The number of methoxy groups -OCH3 is 1. The molecule has 10 nitrogen and oxygen atoms in total. The van der Waals surface area contributed by atoms with Crippen molar-refractivity contribution in [2.45, 2.75) is 56.9 Å². The second kappa shape index (κ2) is 12.3. The highest BCUT2D eigenvalue weighted by molar-refractivity contribution is 7.89. The predicted molar refractivity (Wildman–Crippen MR) is 157 cm³/mol. The maximum atomic E-state index is 12.8. The van der Waals surface area contributed by atoms with Crippen molar-refractivity contribution >= 4 is 39.1 Å². The summed E-state index contributed by atoms with van der Waals surface area (Å²) < 4.78 is 33.0. The van der Waals surface area contributed by atoms with Crippen LogP contribution in [0.25, 0.3) is 0 Å². The largest absolute Gasteiger partial charge is 0.468 e. The topological polar surface area (TPSA) is 126 Å². The molecule has 0 radical (unpaired) electrons. The molecule has 1 fully saturated rings. The summed E-state index contributed by atoms with van der Waals surface area (Å²) in [4.78, 5) is 22.9. The van der Waals surface area contributed by atoms with Crippen molar-refractivity contribution in [2.75, 3.05) is 37.4 Å². The molecule has 3 aromatic rings. The fraction of sp³-hybridized carbons (Fsp3) is 0.414. The molecule has 0 bridgehead atoms. The van der Waals surface area contributed by atoms with Crippen LogP contribution in [0.15, 0.2) is 59.6 Å². The van der Waals surface area contributed by atoms with Crippen LogP contribution in [0.3, 0.4) is 0 Å². The first-order valence-electron chi connectivity index (χ1n) is 13.3. The summed E-state index contributed by atoms with van der Waals surface area (Å²) in [6.45, 7) is 9.38. The minimum Gasteiger partial charge on any atom is -0.468 e. The molecule has 0 atom stereocenters. The molecule has 0 saturated carbocycles. The van der Waals surface area contributed by atoms with E-state index in [0.29, 0.717) is 29.9 Å². The second-order valence-corrected chi connectivity index (χ2v) is 12.8. The van der Waals surface area contributed by atoms with Gasteiger partial charge in [0.25, 0.3) is 0 Å². The minimum absolute atomic E-state index is 0.173. The number of nitrogens with zero attached hydrogens (tertiary/aromatic N) is 3. The summed E-state index contributed by atoms with van der Waals surface area (Å²) in [5.74, 6) is 1.26. The molecule has 2 aromatic carbocycles. The first-order chi connectivity index (χ1) is 18.9. The standard InChI is InChI=1S/C29H38N6O4S/c1-20-18-30-28(33-27(20)31-24-7-6-8-25(17-24)40(37,38)34-29(2,3)4)32-23-11-9-21(10-12-23)22-13-15-35(16-14-22)19-26(36)39-5/h6-12,17-18,22,34H,13-16,19H2,1-5H3,(H2,30,31,32,33). The zero-order chi connectivity index (χ0) is 28.9. The van der Waals surface area contributed by atoms with Crippen LogP contribution >= 0.6 is 0 Å². The van der Waals surface area contributed by atoms with Gasteiger partial charge in [0, 0.05) is 28.7 Å². The second-order valence-electron chi connectivity index (χ2n) is 11.1. The molecule has 0 unspecified atom stereocenters. The Kier molecular flexibility index (Phi) is 9.07. The van der Waals surface area contributed by atoms with E-state index in [1.165, 1.54) is 12.7 Å². The van der Waals surface area contributed by atoms with Crippen molar-refractivity contribution in [1.29, 1.82) is 0 Å². The summed E-state index contributed by atoms with van der Waals surface area (Å²) >= 11 is 0.